The zero-order chi connectivity index (χ0) is 11.4. The fourth-order valence-electron chi connectivity index (χ4n) is 2.46. The number of benzene rings is 2. The lowest BCUT2D eigenvalue weighted by atomic mass is 10.1. The summed E-state index contributed by atoms with van der Waals surface area (Å²) in [5.74, 6) is 0. The molecule has 4 rings (SSSR count). The van der Waals surface area contributed by atoms with Gasteiger partial charge in [-0.3, -0.25) is 5.10 Å². The lowest BCUT2D eigenvalue weighted by Gasteiger charge is -1.93. The van der Waals surface area contributed by atoms with Gasteiger partial charge in [0.15, 0.2) is 0 Å². The van der Waals surface area contributed by atoms with E-state index < -0.39 is 0 Å². The Morgan fingerprint density at radius 1 is 1.06 bits per heavy atom. The Kier molecular flexibility index (Phi) is 1.50. The van der Waals surface area contributed by atoms with Crippen molar-refractivity contribution in [3.63, 3.8) is 0 Å². The van der Waals surface area contributed by atoms with Crippen molar-refractivity contribution in [2.45, 2.75) is 6.92 Å². The van der Waals surface area contributed by atoms with Gasteiger partial charge in [-0.2, -0.15) is 0 Å². The number of fused-ring (bicyclic) bond motifs is 5. The maximum atomic E-state index is 4.71. The van der Waals surface area contributed by atoms with Crippen LogP contribution in [0.1, 0.15) is 5.56 Å². The Labute approximate surface area is 97.4 Å². The van der Waals surface area contributed by atoms with Crippen molar-refractivity contribution in [2.24, 2.45) is 0 Å². The molecule has 2 heterocycles. The lowest BCUT2D eigenvalue weighted by molar-refractivity contribution is 1.12. The molecular formula is C14H11N3. The van der Waals surface area contributed by atoms with E-state index in [1.807, 2.05) is 6.20 Å². The van der Waals surface area contributed by atoms with Crippen LogP contribution < -0.4 is 0 Å². The molecule has 0 aliphatic rings. The summed E-state index contributed by atoms with van der Waals surface area (Å²) in [6.45, 7) is 2.11. The molecule has 2 aromatic heterocycles. The van der Waals surface area contributed by atoms with E-state index in [0.29, 0.717) is 0 Å². The van der Waals surface area contributed by atoms with Gasteiger partial charge in [0, 0.05) is 22.4 Å². The number of rotatable bonds is 0. The van der Waals surface area contributed by atoms with Crippen LogP contribution in [0.15, 0.2) is 36.5 Å². The molecule has 0 radical (unpaired) electrons. The highest BCUT2D eigenvalue weighted by atomic mass is 15.1. The van der Waals surface area contributed by atoms with Crippen LogP contribution in [-0.2, 0) is 0 Å². The van der Waals surface area contributed by atoms with Gasteiger partial charge in [0.2, 0.25) is 0 Å². The third kappa shape index (κ3) is 1.08. The van der Waals surface area contributed by atoms with Crippen LogP contribution in [0.25, 0.3) is 32.7 Å². The van der Waals surface area contributed by atoms with E-state index in [9.17, 15) is 0 Å². The summed E-state index contributed by atoms with van der Waals surface area (Å²) >= 11 is 0. The molecule has 0 aliphatic carbocycles. The van der Waals surface area contributed by atoms with E-state index in [2.05, 4.69) is 47.5 Å². The highest BCUT2D eigenvalue weighted by Gasteiger charge is 2.09. The topological polar surface area (TPSA) is 44.5 Å². The quantitative estimate of drug-likeness (QED) is 0.469. The highest BCUT2D eigenvalue weighted by Crippen LogP contribution is 2.30. The Hall–Kier alpha value is -2.29. The van der Waals surface area contributed by atoms with Crippen molar-refractivity contribution >= 4 is 32.7 Å². The molecule has 4 aromatic rings. The molecule has 0 spiro atoms. The molecule has 3 heteroatoms. The Morgan fingerprint density at radius 3 is 2.94 bits per heavy atom. The minimum Gasteiger partial charge on any atom is -0.307 e. The monoisotopic (exact) mass is 221 g/mol. The summed E-state index contributed by atoms with van der Waals surface area (Å²) in [5.41, 5.74) is 4.46. The second-order valence-corrected chi connectivity index (χ2v) is 4.47. The van der Waals surface area contributed by atoms with Gasteiger partial charge < -0.3 is 5.10 Å². The third-order valence-electron chi connectivity index (χ3n) is 3.31. The molecule has 3 nitrogen and oxygen atoms in total. The molecule has 0 unspecified atom stereocenters. The van der Waals surface area contributed by atoms with Crippen LogP contribution in [0.5, 0.6) is 0 Å². The Morgan fingerprint density at radius 2 is 2.00 bits per heavy atom. The molecule has 0 saturated carbocycles. The second kappa shape index (κ2) is 2.88. The molecule has 0 atom stereocenters. The van der Waals surface area contributed by atoms with Gasteiger partial charge in [-0.25, -0.2) is 4.98 Å². The summed E-state index contributed by atoms with van der Waals surface area (Å²) in [6, 6.07) is 10.7. The van der Waals surface area contributed by atoms with Crippen molar-refractivity contribution < 1.29 is 0 Å². The zero-order valence-corrected chi connectivity index (χ0v) is 9.41. The Bertz CT molecular complexity index is 852. The summed E-state index contributed by atoms with van der Waals surface area (Å²) in [7, 11) is 0. The molecule has 0 saturated heterocycles. The first-order valence-corrected chi connectivity index (χ1v) is 5.67. The van der Waals surface area contributed by atoms with E-state index in [1.165, 1.54) is 16.3 Å². The van der Waals surface area contributed by atoms with Gasteiger partial charge in [-0.05, 0) is 19.1 Å². The molecule has 2 N–H and O–H groups in total. The molecule has 0 fully saturated rings. The summed E-state index contributed by atoms with van der Waals surface area (Å²) in [4.78, 5) is 4.71. The SMILES string of the molecule is Cc1ccc2nc3c(ccc4c[nH][nH]c43)c2c1. The van der Waals surface area contributed by atoms with Crippen LogP contribution in [0.2, 0.25) is 0 Å². The van der Waals surface area contributed by atoms with Gasteiger partial charge in [0.25, 0.3) is 0 Å². The molecule has 0 aliphatic heterocycles. The minimum absolute atomic E-state index is 1.05. The highest BCUT2D eigenvalue weighted by molar-refractivity contribution is 6.15. The minimum atomic E-state index is 1.05. The molecule has 2 aromatic carbocycles. The summed E-state index contributed by atoms with van der Waals surface area (Å²) in [6.07, 6.45) is 1.96. The fourth-order valence-corrected chi connectivity index (χ4v) is 2.46. The normalized spacial score (nSPS) is 11.8. The summed E-state index contributed by atoms with van der Waals surface area (Å²) < 4.78 is 0. The number of nitrogens with zero attached hydrogens (tertiary/aromatic N) is 1. The number of aromatic amines is 2. The molecule has 17 heavy (non-hydrogen) atoms. The Balaban J connectivity index is 2.33. The van der Waals surface area contributed by atoms with Crippen molar-refractivity contribution in [3.05, 3.63) is 42.1 Å². The van der Waals surface area contributed by atoms with Crippen LogP contribution in [0.4, 0.5) is 0 Å². The second-order valence-electron chi connectivity index (χ2n) is 4.47. The van der Waals surface area contributed by atoms with Gasteiger partial charge in [0.1, 0.15) is 0 Å². The number of aromatic nitrogens is 3. The number of hydrogen-bond acceptors (Lipinski definition) is 1. The molecule has 0 bridgehead atoms. The first-order chi connectivity index (χ1) is 8.33. The van der Waals surface area contributed by atoms with E-state index in [4.69, 9.17) is 4.98 Å². The summed E-state index contributed by atoms with van der Waals surface area (Å²) in [5, 5.41) is 9.78. The number of H-pyrrole nitrogens is 2. The van der Waals surface area contributed by atoms with E-state index >= 15 is 0 Å². The van der Waals surface area contributed by atoms with Gasteiger partial charge in [0.05, 0.1) is 16.6 Å². The van der Waals surface area contributed by atoms with Crippen molar-refractivity contribution in [1.82, 2.24) is 15.2 Å². The molecule has 0 amide bonds. The average Bonchev–Trinajstić information content (AvgIpc) is 2.91. The first kappa shape index (κ1) is 8.82. The maximum Gasteiger partial charge on any atom is 0.0972 e. The fraction of sp³-hybridized carbons (Fsp3) is 0.0714. The standard InChI is InChI=1S/C14H11N3/c1-8-2-5-12-11(6-8)10-4-3-9-7-15-17-13(9)14(10)16-12/h2-7,15,17H,1H3. The zero-order valence-electron chi connectivity index (χ0n) is 9.41. The first-order valence-electron chi connectivity index (χ1n) is 5.67. The van der Waals surface area contributed by atoms with E-state index in [-0.39, 0.29) is 0 Å². The van der Waals surface area contributed by atoms with Crippen LogP contribution in [0, 0.1) is 6.92 Å². The molecule has 82 valence electrons. The third-order valence-corrected chi connectivity index (χ3v) is 3.31. The van der Waals surface area contributed by atoms with Crippen molar-refractivity contribution in [1.29, 1.82) is 0 Å². The van der Waals surface area contributed by atoms with Crippen LogP contribution >= 0.6 is 0 Å². The largest absolute Gasteiger partial charge is 0.307 e. The van der Waals surface area contributed by atoms with Gasteiger partial charge in [-0.1, -0.05) is 23.8 Å². The van der Waals surface area contributed by atoms with E-state index in [1.54, 1.807) is 0 Å². The number of nitrogens with one attached hydrogen (secondary N) is 2. The van der Waals surface area contributed by atoms with Crippen LogP contribution in [-0.4, -0.2) is 15.2 Å². The number of hydrogen-bond donors (Lipinski definition) is 2. The maximum absolute atomic E-state index is 4.71. The average molecular weight is 221 g/mol. The van der Waals surface area contributed by atoms with Gasteiger partial charge >= 0.3 is 0 Å². The van der Waals surface area contributed by atoms with Gasteiger partial charge in [-0.15, -0.1) is 0 Å². The molecular weight excluding hydrogens is 210 g/mol. The van der Waals surface area contributed by atoms with Crippen LogP contribution in [0.3, 0.4) is 0 Å². The van der Waals surface area contributed by atoms with E-state index in [0.717, 1.165) is 21.9 Å². The van der Waals surface area contributed by atoms with Crippen molar-refractivity contribution in [2.75, 3.05) is 0 Å². The lowest BCUT2D eigenvalue weighted by Crippen LogP contribution is -1.72. The predicted octanol–water partition coefficient (Wildman–Crippen LogP) is 3.51. The van der Waals surface area contributed by atoms with Crippen molar-refractivity contribution in [3.8, 4) is 0 Å². The predicted molar refractivity (Wildman–Crippen MR) is 70.2 cm³/mol. The number of aryl methyl sites for hydroxylation is 1. The smallest absolute Gasteiger partial charge is 0.0972 e.